The predicted octanol–water partition coefficient (Wildman–Crippen LogP) is 2.19. The molecule has 0 atom stereocenters. The second kappa shape index (κ2) is 4.79. The molecular weight excluding hydrogens is 202 g/mol. The van der Waals surface area contributed by atoms with E-state index in [1.165, 1.54) is 5.56 Å². The zero-order valence-corrected chi connectivity index (χ0v) is 9.55. The van der Waals surface area contributed by atoms with E-state index in [-0.39, 0.29) is 0 Å². The van der Waals surface area contributed by atoms with E-state index < -0.39 is 0 Å². The number of aliphatic imine (C=N–C) groups is 2. The van der Waals surface area contributed by atoms with Crippen molar-refractivity contribution in [3.05, 3.63) is 29.8 Å². The quantitative estimate of drug-likeness (QED) is 0.761. The third-order valence-corrected chi connectivity index (χ3v) is 2.30. The molecule has 0 bridgehead atoms. The van der Waals surface area contributed by atoms with Crippen molar-refractivity contribution < 1.29 is 4.74 Å². The van der Waals surface area contributed by atoms with Crippen LogP contribution in [-0.4, -0.2) is 25.6 Å². The average molecular weight is 217 g/mol. The normalized spacial score (nSPS) is 14.9. The van der Waals surface area contributed by atoms with E-state index in [1.807, 2.05) is 11.8 Å². The van der Waals surface area contributed by atoms with E-state index in [1.54, 1.807) is 6.34 Å². The number of hydrogen-bond acceptors (Lipinski definition) is 4. The Morgan fingerprint density at radius 2 is 2.06 bits per heavy atom. The van der Waals surface area contributed by atoms with Crippen LogP contribution in [-0.2, 0) is 4.74 Å². The number of hydrogen-bond donors (Lipinski definition) is 0. The van der Waals surface area contributed by atoms with Crippen LogP contribution in [0.4, 0.5) is 5.69 Å². The van der Waals surface area contributed by atoms with Gasteiger partial charge in [-0.1, -0.05) is 17.7 Å². The lowest BCUT2D eigenvalue weighted by atomic mass is 10.2. The first-order chi connectivity index (χ1) is 7.79. The van der Waals surface area contributed by atoms with E-state index in [4.69, 9.17) is 4.74 Å². The summed E-state index contributed by atoms with van der Waals surface area (Å²) in [5.41, 5.74) is 2.34. The summed E-state index contributed by atoms with van der Waals surface area (Å²) in [7, 11) is 0. The van der Waals surface area contributed by atoms with Gasteiger partial charge in [-0.15, -0.1) is 0 Å². The van der Waals surface area contributed by atoms with Gasteiger partial charge in [-0.25, -0.2) is 4.99 Å². The fraction of sp³-hybridized carbons (Fsp3) is 0.333. The molecule has 84 valence electrons. The van der Waals surface area contributed by atoms with Gasteiger partial charge in [0.2, 0.25) is 0 Å². The molecule has 16 heavy (non-hydrogen) atoms. The summed E-state index contributed by atoms with van der Waals surface area (Å²) in [5.74, 6) is 0. The lowest BCUT2D eigenvalue weighted by Gasteiger charge is -2.20. The molecular formula is C12H15N3O. The lowest BCUT2D eigenvalue weighted by Crippen LogP contribution is -2.27. The Kier molecular flexibility index (Phi) is 3.19. The SMILES string of the molecule is CCOC1=NCN(c2ccc(C)cc2)C=N1. The Hall–Kier alpha value is -1.84. The topological polar surface area (TPSA) is 37.2 Å². The number of ether oxygens (including phenoxy) is 1. The second-order valence-electron chi connectivity index (χ2n) is 3.57. The van der Waals surface area contributed by atoms with Crippen molar-refractivity contribution in [3.8, 4) is 0 Å². The van der Waals surface area contributed by atoms with Crippen LogP contribution in [0, 0.1) is 6.92 Å². The molecule has 1 heterocycles. The molecule has 0 saturated heterocycles. The standard InChI is InChI=1S/C12H15N3O/c1-3-16-12-13-8-15(9-14-12)11-6-4-10(2)5-7-11/h4-8H,3,9H2,1-2H3. The molecule has 0 spiro atoms. The van der Waals surface area contributed by atoms with Gasteiger partial charge in [0.25, 0.3) is 0 Å². The summed E-state index contributed by atoms with van der Waals surface area (Å²) in [6, 6.07) is 8.73. The van der Waals surface area contributed by atoms with Crippen molar-refractivity contribution in [3.63, 3.8) is 0 Å². The summed E-state index contributed by atoms with van der Waals surface area (Å²) >= 11 is 0. The summed E-state index contributed by atoms with van der Waals surface area (Å²) < 4.78 is 5.21. The maximum absolute atomic E-state index is 5.21. The molecule has 1 aliphatic heterocycles. The highest BCUT2D eigenvalue weighted by Gasteiger charge is 2.08. The van der Waals surface area contributed by atoms with Crippen LogP contribution in [0.15, 0.2) is 34.3 Å². The van der Waals surface area contributed by atoms with Gasteiger partial charge >= 0.3 is 6.02 Å². The molecule has 2 rings (SSSR count). The molecule has 1 aromatic rings. The highest BCUT2D eigenvalue weighted by Crippen LogP contribution is 2.15. The lowest BCUT2D eigenvalue weighted by molar-refractivity contribution is 0.320. The molecule has 0 aliphatic carbocycles. The molecule has 0 unspecified atom stereocenters. The molecule has 0 N–H and O–H groups in total. The minimum atomic E-state index is 0.464. The fourth-order valence-electron chi connectivity index (χ4n) is 1.43. The van der Waals surface area contributed by atoms with Crippen LogP contribution in [0.25, 0.3) is 0 Å². The van der Waals surface area contributed by atoms with E-state index in [0.717, 1.165) is 5.69 Å². The number of nitrogens with zero attached hydrogens (tertiary/aromatic N) is 3. The Labute approximate surface area is 95.3 Å². The van der Waals surface area contributed by atoms with Crippen molar-refractivity contribution in [2.45, 2.75) is 13.8 Å². The first-order valence-corrected chi connectivity index (χ1v) is 5.34. The molecule has 4 nitrogen and oxygen atoms in total. The molecule has 1 aromatic carbocycles. The van der Waals surface area contributed by atoms with Gasteiger partial charge in [-0.2, -0.15) is 4.99 Å². The Morgan fingerprint density at radius 3 is 2.62 bits per heavy atom. The second-order valence-corrected chi connectivity index (χ2v) is 3.57. The van der Waals surface area contributed by atoms with Crippen LogP contribution < -0.4 is 4.90 Å². The Balaban J connectivity index is 2.05. The van der Waals surface area contributed by atoms with Crippen LogP contribution in [0.2, 0.25) is 0 Å². The largest absolute Gasteiger partial charge is 0.464 e. The maximum atomic E-state index is 5.21. The zero-order chi connectivity index (χ0) is 11.4. The zero-order valence-electron chi connectivity index (χ0n) is 9.55. The summed E-state index contributed by atoms with van der Waals surface area (Å²) in [6.45, 7) is 5.15. The average Bonchev–Trinajstić information content (AvgIpc) is 2.32. The Bertz CT molecular complexity index is 409. The highest BCUT2D eigenvalue weighted by atomic mass is 16.5. The number of rotatable bonds is 2. The number of benzene rings is 1. The van der Waals surface area contributed by atoms with E-state index in [2.05, 4.69) is 41.2 Å². The van der Waals surface area contributed by atoms with Crippen molar-refractivity contribution >= 4 is 18.0 Å². The van der Waals surface area contributed by atoms with Crippen molar-refractivity contribution in [2.24, 2.45) is 9.98 Å². The van der Waals surface area contributed by atoms with Crippen molar-refractivity contribution in [1.29, 1.82) is 0 Å². The number of amidine groups is 1. The summed E-state index contributed by atoms with van der Waals surface area (Å²) in [6.07, 6.45) is 1.75. The molecule has 4 heteroatoms. The highest BCUT2D eigenvalue weighted by molar-refractivity contribution is 5.92. The monoisotopic (exact) mass is 217 g/mol. The van der Waals surface area contributed by atoms with Gasteiger partial charge in [-0.3, -0.25) is 0 Å². The predicted molar refractivity (Wildman–Crippen MR) is 66.1 cm³/mol. The van der Waals surface area contributed by atoms with Crippen molar-refractivity contribution in [1.82, 2.24) is 0 Å². The van der Waals surface area contributed by atoms with Gasteiger partial charge in [0, 0.05) is 5.69 Å². The molecule has 1 aliphatic rings. The van der Waals surface area contributed by atoms with E-state index in [0.29, 0.717) is 19.3 Å². The number of aryl methyl sites for hydroxylation is 1. The minimum Gasteiger partial charge on any atom is -0.464 e. The molecule has 0 aromatic heterocycles. The molecule has 0 amide bonds. The van der Waals surface area contributed by atoms with Crippen LogP contribution in [0.3, 0.4) is 0 Å². The first-order valence-electron chi connectivity index (χ1n) is 5.34. The van der Waals surface area contributed by atoms with Gasteiger partial charge in [0.15, 0.2) is 0 Å². The minimum absolute atomic E-state index is 0.464. The Morgan fingerprint density at radius 1 is 1.31 bits per heavy atom. The van der Waals surface area contributed by atoms with E-state index in [9.17, 15) is 0 Å². The summed E-state index contributed by atoms with van der Waals surface area (Å²) in [5, 5.41) is 0. The number of anilines is 1. The van der Waals surface area contributed by atoms with Gasteiger partial charge in [0.05, 0.1) is 6.61 Å². The van der Waals surface area contributed by atoms with Crippen LogP contribution in [0.1, 0.15) is 12.5 Å². The third kappa shape index (κ3) is 2.39. The van der Waals surface area contributed by atoms with Gasteiger partial charge in [-0.05, 0) is 26.0 Å². The first kappa shape index (κ1) is 10.7. The third-order valence-electron chi connectivity index (χ3n) is 2.30. The fourth-order valence-corrected chi connectivity index (χ4v) is 1.43. The maximum Gasteiger partial charge on any atom is 0.314 e. The van der Waals surface area contributed by atoms with Gasteiger partial charge < -0.3 is 9.64 Å². The van der Waals surface area contributed by atoms with Gasteiger partial charge in [0.1, 0.15) is 13.0 Å². The van der Waals surface area contributed by atoms with Crippen LogP contribution in [0.5, 0.6) is 0 Å². The molecule has 0 radical (unpaired) electrons. The van der Waals surface area contributed by atoms with E-state index >= 15 is 0 Å². The van der Waals surface area contributed by atoms with Crippen molar-refractivity contribution in [2.75, 3.05) is 18.2 Å². The van der Waals surface area contributed by atoms with Crippen LogP contribution >= 0.6 is 0 Å². The summed E-state index contributed by atoms with van der Waals surface area (Å²) in [4.78, 5) is 10.3. The molecule has 0 saturated carbocycles. The molecule has 0 fully saturated rings. The smallest absolute Gasteiger partial charge is 0.314 e.